The SMILES string of the molecule is CC(=O)[C@H]1CC[C@H]2[C@H]3CC[C@H]4C[C@](C)(OCN=[N+]=[N-])CC[C@]4(C)[C@H]3CC[C@]12C. The van der Waals surface area contributed by atoms with Crippen molar-refractivity contribution in [3.8, 4) is 0 Å². The van der Waals surface area contributed by atoms with Gasteiger partial charge in [-0.1, -0.05) is 19.0 Å². The van der Waals surface area contributed by atoms with Crippen LogP contribution in [-0.2, 0) is 9.53 Å². The molecule has 0 saturated heterocycles. The first kappa shape index (κ1) is 20.2. The van der Waals surface area contributed by atoms with Gasteiger partial charge in [0.1, 0.15) is 12.5 Å². The van der Waals surface area contributed by atoms with Crippen LogP contribution >= 0.6 is 0 Å². The summed E-state index contributed by atoms with van der Waals surface area (Å²) in [4.78, 5) is 15.1. The fourth-order valence-electron chi connectivity index (χ4n) is 8.43. The number of nitrogens with zero attached hydrogens (tertiary/aromatic N) is 3. The van der Waals surface area contributed by atoms with Gasteiger partial charge in [0.05, 0.1) is 5.60 Å². The molecule has 0 spiro atoms. The van der Waals surface area contributed by atoms with Crippen LogP contribution in [0.4, 0.5) is 0 Å². The third kappa shape index (κ3) is 3.01. The number of rotatable bonds is 4. The molecule has 4 rings (SSSR count). The Labute approximate surface area is 169 Å². The molecule has 0 bridgehead atoms. The minimum atomic E-state index is -0.151. The number of hydrogen-bond acceptors (Lipinski definition) is 3. The molecule has 5 nitrogen and oxygen atoms in total. The van der Waals surface area contributed by atoms with E-state index in [1.807, 2.05) is 6.92 Å². The molecule has 0 aromatic heterocycles. The highest BCUT2D eigenvalue weighted by molar-refractivity contribution is 5.79. The van der Waals surface area contributed by atoms with Gasteiger partial charge < -0.3 is 4.74 Å². The van der Waals surface area contributed by atoms with Crippen molar-refractivity contribution in [2.24, 2.45) is 45.5 Å². The largest absolute Gasteiger partial charge is 0.369 e. The molecule has 4 fully saturated rings. The van der Waals surface area contributed by atoms with Gasteiger partial charge in [0, 0.05) is 10.8 Å². The van der Waals surface area contributed by atoms with Crippen LogP contribution in [0.25, 0.3) is 10.4 Å². The molecule has 0 aromatic rings. The van der Waals surface area contributed by atoms with Crippen LogP contribution in [0.15, 0.2) is 5.11 Å². The van der Waals surface area contributed by atoms with E-state index in [1.54, 1.807) is 0 Å². The summed E-state index contributed by atoms with van der Waals surface area (Å²) in [6, 6.07) is 0. The third-order valence-electron chi connectivity index (χ3n) is 9.96. The van der Waals surface area contributed by atoms with Crippen molar-refractivity contribution in [3.63, 3.8) is 0 Å². The maximum absolute atomic E-state index is 12.3. The summed E-state index contributed by atoms with van der Waals surface area (Å²) in [5.74, 6) is 3.77. The molecule has 4 aliphatic carbocycles. The van der Waals surface area contributed by atoms with Crippen LogP contribution in [0, 0.1) is 40.4 Å². The summed E-state index contributed by atoms with van der Waals surface area (Å²) < 4.78 is 6.01. The number of carbonyl (C=O) groups is 1. The fraction of sp³-hybridized carbons (Fsp3) is 0.957. The van der Waals surface area contributed by atoms with E-state index in [-0.39, 0.29) is 17.7 Å². The van der Waals surface area contributed by atoms with Gasteiger partial charge in [-0.3, -0.25) is 4.79 Å². The van der Waals surface area contributed by atoms with Gasteiger partial charge in [-0.2, -0.15) is 0 Å². The molecule has 0 aliphatic heterocycles. The minimum absolute atomic E-state index is 0.148. The molecular formula is C23H37N3O2. The molecule has 0 unspecified atom stereocenters. The van der Waals surface area contributed by atoms with Gasteiger partial charge in [0.25, 0.3) is 0 Å². The molecule has 0 radical (unpaired) electrons. The number of Topliss-reactive ketones (excluding diaryl/α,β-unsaturated/α-hetero) is 1. The number of ketones is 1. The Bertz CT molecular complexity index is 689. The molecular weight excluding hydrogens is 350 g/mol. The maximum atomic E-state index is 12.3. The van der Waals surface area contributed by atoms with Gasteiger partial charge in [0.15, 0.2) is 0 Å². The maximum Gasteiger partial charge on any atom is 0.133 e. The quantitative estimate of drug-likeness (QED) is 0.323. The van der Waals surface area contributed by atoms with Crippen LogP contribution in [0.1, 0.15) is 85.5 Å². The van der Waals surface area contributed by atoms with Crippen molar-refractivity contribution >= 4 is 5.78 Å². The van der Waals surface area contributed by atoms with E-state index < -0.39 is 0 Å². The monoisotopic (exact) mass is 387 g/mol. The topological polar surface area (TPSA) is 75.1 Å². The Morgan fingerprint density at radius 3 is 2.50 bits per heavy atom. The van der Waals surface area contributed by atoms with Crippen molar-refractivity contribution in [1.29, 1.82) is 0 Å². The second-order valence-electron chi connectivity index (χ2n) is 11.1. The van der Waals surface area contributed by atoms with Gasteiger partial charge in [-0.25, -0.2) is 0 Å². The normalized spacial score (nSPS) is 50.1. The molecule has 156 valence electrons. The number of hydrogen-bond donors (Lipinski definition) is 0. The lowest BCUT2D eigenvalue weighted by molar-refractivity contribution is -0.162. The molecule has 0 amide bonds. The Morgan fingerprint density at radius 2 is 1.79 bits per heavy atom. The molecule has 5 heteroatoms. The molecule has 8 atom stereocenters. The Balaban J connectivity index is 1.52. The predicted molar refractivity (Wildman–Crippen MR) is 109 cm³/mol. The highest BCUT2D eigenvalue weighted by Crippen LogP contribution is 2.68. The lowest BCUT2D eigenvalue weighted by Gasteiger charge is -2.62. The van der Waals surface area contributed by atoms with Gasteiger partial charge in [-0.15, -0.1) is 0 Å². The molecule has 4 saturated carbocycles. The summed E-state index contributed by atoms with van der Waals surface area (Å²) in [7, 11) is 0. The Kier molecular flexibility index (Phi) is 5.07. The van der Waals surface area contributed by atoms with Gasteiger partial charge >= 0.3 is 0 Å². The first-order valence-electron chi connectivity index (χ1n) is 11.4. The standard InChI is InChI=1S/C23H37N3O2/c1-15(27)18-7-8-19-17-6-5-16-13-21(2,28-14-25-26-24)11-12-22(16,3)20(17)9-10-23(18,19)4/h16-20H,5-14H2,1-4H3/t16-,17+,18+,19-,20-,21+,22-,23+/m0/s1. The third-order valence-corrected chi connectivity index (χ3v) is 9.96. The fourth-order valence-corrected chi connectivity index (χ4v) is 8.43. The lowest BCUT2D eigenvalue weighted by atomic mass is 9.44. The first-order valence-corrected chi connectivity index (χ1v) is 11.4. The van der Waals surface area contributed by atoms with Crippen molar-refractivity contribution < 1.29 is 9.53 Å². The van der Waals surface area contributed by atoms with Crippen LogP contribution in [0.2, 0.25) is 0 Å². The van der Waals surface area contributed by atoms with E-state index in [2.05, 4.69) is 30.8 Å². The van der Waals surface area contributed by atoms with E-state index in [4.69, 9.17) is 10.3 Å². The van der Waals surface area contributed by atoms with E-state index in [0.717, 1.165) is 37.0 Å². The second-order valence-corrected chi connectivity index (χ2v) is 11.1. The van der Waals surface area contributed by atoms with Gasteiger partial charge in [-0.05, 0) is 112 Å². The van der Waals surface area contributed by atoms with E-state index >= 15 is 0 Å². The average Bonchev–Trinajstić information content (AvgIpc) is 3.00. The van der Waals surface area contributed by atoms with Crippen molar-refractivity contribution in [2.45, 2.75) is 91.1 Å². The highest BCUT2D eigenvalue weighted by Gasteiger charge is 2.61. The first-order chi connectivity index (χ1) is 13.2. The second kappa shape index (κ2) is 7.02. The van der Waals surface area contributed by atoms with Crippen LogP contribution in [0.5, 0.6) is 0 Å². The van der Waals surface area contributed by atoms with Crippen molar-refractivity contribution in [3.05, 3.63) is 10.4 Å². The van der Waals surface area contributed by atoms with Crippen molar-refractivity contribution in [2.75, 3.05) is 6.73 Å². The summed E-state index contributed by atoms with van der Waals surface area (Å²) in [6.45, 7) is 9.17. The van der Waals surface area contributed by atoms with E-state index in [9.17, 15) is 4.79 Å². The smallest absolute Gasteiger partial charge is 0.133 e. The zero-order valence-corrected chi connectivity index (χ0v) is 18.1. The Morgan fingerprint density at radius 1 is 1.04 bits per heavy atom. The van der Waals surface area contributed by atoms with Gasteiger partial charge in [0.2, 0.25) is 0 Å². The van der Waals surface area contributed by atoms with Crippen LogP contribution in [-0.4, -0.2) is 18.1 Å². The summed E-state index contributed by atoms with van der Waals surface area (Å²) in [5, 5.41) is 3.59. The van der Waals surface area contributed by atoms with Crippen molar-refractivity contribution in [1.82, 2.24) is 0 Å². The summed E-state index contributed by atoms with van der Waals surface area (Å²) >= 11 is 0. The molecule has 0 aromatic carbocycles. The number of azide groups is 1. The van der Waals surface area contributed by atoms with Crippen LogP contribution in [0.3, 0.4) is 0 Å². The predicted octanol–water partition coefficient (Wildman–Crippen LogP) is 6.28. The zero-order chi connectivity index (χ0) is 20.2. The zero-order valence-electron chi connectivity index (χ0n) is 18.1. The molecule has 0 N–H and O–H groups in total. The average molecular weight is 388 g/mol. The van der Waals surface area contributed by atoms with Crippen LogP contribution < -0.4 is 0 Å². The molecule has 4 aliphatic rings. The number of fused-ring (bicyclic) bond motifs is 5. The molecule has 0 heterocycles. The minimum Gasteiger partial charge on any atom is -0.369 e. The summed E-state index contributed by atoms with van der Waals surface area (Å²) in [6.07, 6.45) is 10.9. The number of carbonyl (C=O) groups excluding carboxylic acids is 1. The van der Waals surface area contributed by atoms with E-state index in [0.29, 0.717) is 23.0 Å². The molecule has 28 heavy (non-hydrogen) atoms. The lowest BCUT2D eigenvalue weighted by Crippen LogP contribution is -2.56. The number of ether oxygens (including phenoxy) is 1. The Hall–Kier alpha value is -1.06. The van der Waals surface area contributed by atoms with E-state index in [1.165, 1.54) is 38.5 Å². The summed E-state index contributed by atoms with van der Waals surface area (Å²) in [5.41, 5.74) is 9.04. The highest BCUT2D eigenvalue weighted by atomic mass is 16.5.